The zero-order valence-electron chi connectivity index (χ0n) is 25.8. The Kier molecular flexibility index (Phi) is 9.17. The first kappa shape index (κ1) is 32.5. The highest BCUT2D eigenvalue weighted by atomic mass is 32.2. The number of hydrogen-bond acceptors (Lipinski definition) is 7. The number of methoxy groups -OCH3 is 1. The van der Waals surface area contributed by atoms with Crippen LogP contribution in [-0.4, -0.2) is 76.1 Å². The lowest BCUT2D eigenvalue weighted by Crippen LogP contribution is -2.62. The number of likely N-dealkylation sites (tertiary alicyclic amines) is 1. The summed E-state index contributed by atoms with van der Waals surface area (Å²) in [5.41, 5.74) is 2.46. The number of nitrogens with zero attached hydrogens (tertiary/aromatic N) is 2. The molecule has 3 fully saturated rings. The van der Waals surface area contributed by atoms with E-state index in [0.717, 1.165) is 57.4 Å². The van der Waals surface area contributed by atoms with Crippen molar-refractivity contribution in [3.8, 4) is 17.6 Å². The standard InChI is InChI=1S/C33H40F3N5O4S/c1-44-31-19-26(46(37,42)43)11-12-29(31)38-15-3-4-25-18-27-28(5-2-6-30(27)41(25)22-33(34,35)36)39-23-7-9-24(10-8-23)40-20-32(21-40)13-16-45-17-14-32/h2,5-6,11-12,18-19,23-24,38-39H,7-10,13-17,20-22H2,1H3,(H2,37,42,43)/t23-,24-. The molecule has 3 heterocycles. The third-order valence-corrected chi connectivity index (χ3v) is 10.5. The number of benzene rings is 2. The number of primary sulfonamides is 1. The summed E-state index contributed by atoms with van der Waals surface area (Å²) in [6.07, 6.45) is 2.12. The molecule has 2 saturated heterocycles. The summed E-state index contributed by atoms with van der Waals surface area (Å²) in [6.45, 7) is 3.01. The van der Waals surface area contributed by atoms with Gasteiger partial charge >= 0.3 is 6.18 Å². The van der Waals surface area contributed by atoms with Gasteiger partial charge in [-0.1, -0.05) is 12.0 Å². The zero-order valence-corrected chi connectivity index (χ0v) is 26.6. The van der Waals surface area contributed by atoms with Crippen molar-refractivity contribution >= 4 is 32.3 Å². The number of alkyl halides is 3. The Morgan fingerprint density at radius 1 is 1.07 bits per heavy atom. The second kappa shape index (κ2) is 13.0. The van der Waals surface area contributed by atoms with E-state index in [1.54, 1.807) is 18.2 Å². The highest BCUT2D eigenvalue weighted by Crippen LogP contribution is 2.43. The molecule has 3 aromatic rings. The second-order valence-corrected chi connectivity index (χ2v) is 14.3. The minimum Gasteiger partial charge on any atom is -0.495 e. The van der Waals surface area contributed by atoms with Gasteiger partial charge in [0.25, 0.3) is 0 Å². The van der Waals surface area contributed by atoms with Crippen LogP contribution >= 0.6 is 0 Å². The van der Waals surface area contributed by atoms with Crippen LogP contribution in [0.25, 0.3) is 10.9 Å². The molecule has 1 saturated carbocycles. The van der Waals surface area contributed by atoms with Crippen molar-refractivity contribution in [2.75, 3.05) is 50.6 Å². The molecule has 1 spiro atoms. The molecule has 13 heteroatoms. The van der Waals surface area contributed by atoms with Crippen LogP contribution in [0.2, 0.25) is 0 Å². The van der Waals surface area contributed by atoms with Crippen molar-refractivity contribution in [1.82, 2.24) is 9.47 Å². The number of rotatable bonds is 8. The maximum absolute atomic E-state index is 13.7. The number of sulfonamides is 1. The largest absolute Gasteiger partial charge is 0.495 e. The van der Waals surface area contributed by atoms with Gasteiger partial charge in [0.2, 0.25) is 10.0 Å². The molecule has 0 amide bonds. The summed E-state index contributed by atoms with van der Waals surface area (Å²) < 4.78 is 76.4. The van der Waals surface area contributed by atoms with E-state index in [-0.39, 0.29) is 28.9 Å². The van der Waals surface area contributed by atoms with E-state index < -0.39 is 22.7 Å². The number of hydrogen-bond donors (Lipinski definition) is 3. The Morgan fingerprint density at radius 2 is 1.80 bits per heavy atom. The van der Waals surface area contributed by atoms with Gasteiger partial charge in [-0.05, 0) is 74.8 Å². The molecule has 0 unspecified atom stereocenters. The summed E-state index contributed by atoms with van der Waals surface area (Å²) >= 11 is 0. The summed E-state index contributed by atoms with van der Waals surface area (Å²) in [4.78, 5) is 2.53. The SMILES string of the molecule is COc1cc(S(N)(=O)=O)ccc1NCC#Cc1cc2c(N[C@H]3CC[C@H](N4CC5(CCOCC5)C4)CC3)cccc2n1CC(F)(F)F. The van der Waals surface area contributed by atoms with Gasteiger partial charge in [-0.15, -0.1) is 0 Å². The third kappa shape index (κ3) is 7.25. The fraction of sp³-hybridized carbons (Fsp3) is 0.515. The number of anilines is 2. The summed E-state index contributed by atoms with van der Waals surface area (Å²) in [5, 5.41) is 12.6. The van der Waals surface area contributed by atoms with Crippen molar-refractivity contribution in [3.63, 3.8) is 0 Å². The van der Waals surface area contributed by atoms with Crippen LogP contribution < -0.4 is 20.5 Å². The van der Waals surface area contributed by atoms with E-state index >= 15 is 0 Å². The molecule has 46 heavy (non-hydrogen) atoms. The van der Waals surface area contributed by atoms with Crippen molar-refractivity contribution in [2.45, 2.75) is 68.2 Å². The molecule has 0 radical (unpaired) electrons. The minimum atomic E-state index is -4.43. The van der Waals surface area contributed by atoms with Crippen LogP contribution in [0.5, 0.6) is 5.75 Å². The van der Waals surface area contributed by atoms with Crippen LogP contribution in [-0.2, 0) is 21.3 Å². The first-order valence-corrected chi connectivity index (χ1v) is 17.2. The van der Waals surface area contributed by atoms with Crippen molar-refractivity contribution in [2.24, 2.45) is 10.6 Å². The molecule has 4 N–H and O–H groups in total. The predicted molar refractivity (Wildman–Crippen MR) is 171 cm³/mol. The molecule has 6 rings (SSSR count). The highest BCUT2D eigenvalue weighted by molar-refractivity contribution is 7.89. The normalized spacial score (nSPS) is 21.8. The van der Waals surface area contributed by atoms with E-state index in [0.29, 0.717) is 28.0 Å². The van der Waals surface area contributed by atoms with Gasteiger partial charge < -0.3 is 24.7 Å². The van der Waals surface area contributed by atoms with E-state index in [4.69, 9.17) is 14.6 Å². The predicted octanol–water partition coefficient (Wildman–Crippen LogP) is 5.16. The molecular formula is C33H40F3N5O4S. The fourth-order valence-corrected chi connectivity index (χ4v) is 7.66. The molecule has 0 atom stereocenters. The average molecular weight is 660 g/mol. The van der Waals surface area contributed by atoms with Gasteiger partial charge in [0.1, 0.15) is 12.3 Å². The maximum Gasteiger partial charge on any atom is 0.406 e. The minimum absolute atomic E-state index is 0.0822. The topological polar surface area (TPSA) is 111 Å². The fourth-order valence-electron chi connectivity index (χ4n) is 7.13. The number of aromatic nitrogens is 1. The molecule has 0 bridgehead atoms. The van der Waals surface area contributed by atoms with E-state index in [9.17, 15) is 21.6 Å². The van der Waals surface area contributed by atoms with Crippen molar-refractivity contribution in [3.05, 3.63) is 48.2 Å². The van der Waals surface area contributed by atoms with Gasteiger partial charge in [-0.2, -0.15) is 13.2 Å². The maximum atomic E-state index is 13.7. The summed E-state index contributed by atoms with van der Waals surface area (Å²) in [5.74, 6) is 6.06. The number of nitrogens with two attached hydrogens (primary N) is 1. The van der Waals surface area contributed by atoms with Crippen LogP contribution in [0, 0.1) is 17.3 Å². The van der Waals surface area contributed by atoms with E-state index in [1.165, 1.54) is 43.0 Å². The Bertz CT molecular complexity index is 1730. The quantitative estimate of drug-likeness (QED) is 0.287. The Hall–Kier alpha value is -3.44. The zero-order chi connectivity index (χ0) is 32.5. The average Bonchev–Trinajstić information content (AvgIpc) is 3.35. The molecule has 2 aromatic carbocycles. The van der Waals surface area contributed by atoms with Crippen LogP contribution in [0.4, 0.5) is 24.5 Å². The molecule has 1 aromatic heterocycles. The van der Waals surface area contributed by atoms with Gasteiger partial charge in [0.15, 0.2) is 0 Å². The number of fused-ring (bicyclic) bond motifs is 1. The molecular weight excluding hydrogens is 619 g/mol. The molecule has 248 valence electrons. The third-order valence-electron chi connectivity index (χ3n) is 9.57. The van der Waals surface area contributed by atoms with Gasteiger partial charge in [-0.3, -0.25) is 4.90 Å². The Labute approximate surface area is 267 Å². The second-order valence-electron chi connectivity index (χ2n) is 12.7. The molecule has 9 nitrogen and oxygen atoms in total. The lowest BCUT2D eigenvalue weighted by molar-refractivity contribution is -0.140. The lowest BCUT2D eigenvalue weighted by atomic mass is 9.71. The van der Waals surface area contributed by atoms with Crippen LogP contribution in [0.15, 0.2) is 47.4 Å². The van der Waals surface area contributed by atoms with Gasteiger partial charge in [0, 0.05) is 60.9 Å². The first-order valence-electron chi connectivity index (χ1n) is 15.6. The number of halogens is 3. The van der Waals surface area contributed by atoms with Crippen LogP contribution in [0.3, 0.4) is 0 Å². The molecule has 1 aliphatic carbocycles. The highest BCUT2D eigenvalue weighted by Gasteiger charge is 2.46. The summed E-state index contributed by atoms with van der Waals surface area (Å²) in [7, 11) is -2.52. The van der Waals surface area contributed by atoms with Crippen LogP contribution in [0.1, 0.15) is 44.2 Å². The van der Waals surface area contributed by atoms with Gasteiger partial charge in [0.05, 0.1) is 35.4 Å². The van der Waals surface area contributed by atoms with Crippen molar-refractivity contribution < 1.29 is 31.1 Å². The molecule has 2 aliphatic heterocycles. The smallest absolute Gasteiger partial charge is 0.406 e. The Balaban J connectivity index is 1.14. The lowest BCUT2D eigenvalue weighted by Gasteiger charge is -2.56. The number of ether oxygens (including phenoxy) is 2. The molecule has 3 aliphatic rings. The van der Waals surface area contributed by atoms with Gasteiger partial charge in [-0.25, -0.2) is 13.6 Å². The van der Waals surface area contributed by atoms with E-state index in [2.05, 4.69) is 27.4 Å². The van der Waals surface area contributed by atoms with Crippen molar-refractivity contribution in [1.29, 1.82) is 0 Å². The summed E-state index contributed by atoms with van der Waals surface area (Å²) in [6, 6.07) is 12.1. The first-order chi connectivity index (χ1) is 21.9. The Morgan fingerprint density at radius 3 is 2.48 bits per heavy atom. The monoisotopic (exact) mass is 659 g/mol. The number of nitrogens with one attached hydrogen (secondary N) is 2. The van der Waals surface area contributed by atoms with E-state index in [1.807, 2.05) is 6.07 Å².